The summed E-state index contributed by atoms with van der Waals surface area (Å²) in [5.41, 5.74) is 1.59. The van der Waals surface area contributed by atoms with Crippen molar-refractivity contribution in [3.05, 3.63) is 59.2 Å². The second-order valence-electron chi connectivity index (χ2n) is 8.03. The van der Waals surface area contributed by atoms with Crippen LogP contribution in [0.3, 0.4) is 0 Å². The van der Waals surface area contributed by atoms with Crippen LogP contribution in [0, 0.1) is 17.0 Å². The topological polar surface area (TPSA) is 20.2 Å². The number of aryl methyl sites for hydroxylation is 1. The predicted octanol–water partition coefficient (Wildman–Crippen LogP) is 5.98. The number of rotatable bonds is 3. The zero-order valence-corrected chi connectivity index (χ0v) is 15.2. The van der Waals surface area contributed by atoms with Crippen molar-refractivity contribution in [2.24, 2.45) is 5.41 Å². The molecular formula is C22H26F2O. The van der Waals surface area contributed by atoms with Crippen LogP contribution in [-0.2, 0) is 12.0 Å². The monoisotopic (exact) mass is 344 g/mol. The van der Waals surface area contributed by atoms with Crippen molar-refractivity contribution in [3.8, 4) is 11.1 Å². The van der Waals surface area contributed by atoms with Crippen LogP contribution in [0.15, 0.2) is 36.4 Å². The van der Waals surface area contributed by atoms with Crippen LogP contribution in [0.5, 0.6) is 0 Å². The van der Waals surface area contributed by atoms with Gasteiger partial charge in [-0.15, -0.1) is 0 Å². The van der Waals surface area contributed by atoms with Gasteiger partial charge in [0, 0.05) is 5.56 Å². The van der Waals surface area contributed by atoms with E-state index in [4.69, 9.17) is 0 Å². The molecule has 1 nitrogen and oxygen atoms in total. The van der Waals surface area contributed by atoms with Crippen LogP contribution in [0.4, 0.5) is 8.78 Å². The van der Waals surface area contributed by atoms with Crippen molar-refractivity contribution in [1.29, 1.82) is 0 Å². The van der Waals surface area contributed by atoms with Gasteiger partial charge in [-0.1, -0.05) is 57.2 Å². The van der Waals surface area contributed by atoms with Crippen molar-refractivity contribution < 1.29 is 13.9 Å². The molecule has 1 aliphatic carbocycles. The van der Waals surface area contributed by atoms with Crippen molar-refractivity contribution >= 4 is 0 Å². The van der Waals surface area contributed by atoms with Gasteiger partial charge >= 0.3 is 0 Å². The first-order chi connectivity index (χ1) is 11.8. The van der Waals surface area contributed by atoms with Crippen LogP contribution in [0.25, 0.3) is 11.1 Å². The summed E-state index contributed by atoms with van der Waals surface area (Å²) in [4.78, 5) is 0. The number of halogens is 2. The highest BCUT2D eigenvalue weighted by molar-refractivity contribution is 5.65. The summed E-state index contributed by atoms with van der Waals surface area (Å²) >= 11 is 0. The lowest BCUT2D eigenvalue weighted by Gasteiger charge is -2.40. The summed E-state index contributed by atoms with van der Waals surface area (Å²) in [5, 5.41) is 11.0. The van der Waals surface area contributed by atoms with Gasteiger partial charge in [0.05, 0.1) is 5.60 Å². The minimum Gasteiger partial charge on any atom is -0.385 e. The molecule has 0 radical (unpaired) electrons. The van der Waals surface area contributed by atoms with E-state index in [1.165, 1.54) is 0 Å². The third-order valence-electron chi connectivity index (χ3n) is 5.71. The molecule has 2 aromatic rings. The summed E-state index contributed by atoms with van der Waals surface area (Å²) in [6.07, 6.45) is 3.87. The van der Waals surface area contributed by atoms with Gasteiger partial charge in [0.15, 0.2) is 11.6 Å². The van der Waals surface area contributed by atoms with Crippen molar-refractivity contribution in [2.75, 3.05) is 0 Å². The molecule has 1 aliphatic rings. The molecule has 1 saturated carbocycles. The third kappa shape index (κ3) is 3.48. The average Bonchev–Trinajstić information content (AvgIpc) is 2.60. The van der Waals surface area contributed by atoms with Gasteiger partial charge in [-0.25, -0.2) is 8.78 Å². The van der Waals surface area contributed by atoms with E-state index in [0.717, 1.165) is 31.2 Å². The number of benzene rings is 2. The molecule has 1 fully saturated rings. The zero-order valence-electron chi connectivity index (χ0n) is 15.2. The highest BCUT2D eigenvalue weighted by atomic mass is 19.2. The van der Waals surface area contributed by atoms with Crippen LogP contribution < -0.4 is 0 Å². The number of hydrogen-bond donors (Lipinski definition) is 1. The summed E-state index contributed by atoms with van der Waals surface area (Å²) < 4.78 is 28.4. The van der Waals surface area contributed by atoms with Crippen molar-refractivity contribution in [3.63, 3.8) is 0 Å². The number of aliphatic hydroxyl groups is 1. The molecule has 0 atom stereocenters. The van der Waals surface area contributed by atoms with Gasteiger partial charge in [0.1, 0.15) is 0 Å². The number of hydrogen-bond acceptors (Lipinski definition) is 1. The van der Waals surface area contributed by atoms with Crippen molar-refractivity contribution in [1.82, 2.24) is 0 Å². The van der Waals surface area contributed by atoms with E-state index >= 15 is 0 Å². The van der Waals surface area contributed by atoms with E-state index in [-0.39, 0.29) is 11.0 Å². The molecule has 0 spiro atoms. The molecule has 0 aliphatic heterocycles. The maximum atomic E-state index is 14.3. The SMILES string of the molecule is CCc1ccc(-c2ccc(C3(O)CCC(C)(C)CC3)cc2)c(F)c1F. The quantitative estimate of drug-likeness (QED) is 0.726. The molecule has 0 bridgehead atoms. The minimum atomic E-state index is -0.816. The van der Waals surface area contributed by atoms with E-state index in [0.29, 0.717) is 17.5 Å². The van der Waals surface area contributed by atoms with Crippen LogP contribution >= 0.6 is 0 Å². The fourth-order valence-corrected chi connectivity index (χ4v) is 3.67. The second-order valence-corrected chi connectivity index (χ2v) is 8.03. The Morgan fingerprint density at radius 2 is 1.48 bits per heavy atom. The van der Waals surface area contributed by atoms with Gasteiger partial charge in [0.25, 0.3) is 0 Å². The first-order valence-electron chi connectivity index (χ1n) is 9.06. The fourth-order valence-electron chi connectivity index (χ4n) is 3.67. The van der Waals surface area contributed by atoms with E-state index in [1.807, 2.05) is 12.1 Å². The van der Waals surface area contributed by atoms with E-state index < -0.39 is 17.2 Å². The van der Waals surface area contributed by atoms with Gasteiger partial charge in [-0.05, 0) is 54.2 Å². The highest BCUT2D eigenvalue weighted by Gasteiger charge is 2.37. The largest absolute Gasteiger partial charge is 0.385 e. The molecule has 3 heteroatoms. The molecule has 1 N–H and O–H groups in total. The van der Waals surface area contributed by atoms with Crippen molar-refractivity contribution in [2.45, 2.75) is 58.5 Å². The van der Waals surface area contributed by atoms with E-state index in [9.17, 15) is 13.9 Å². The maximum absolute atomic E-state index is 14.3. The molecule has 2 aromatic carbocycles. The average molecular weight is 344 g/mol. The summed E-state index contributed by atoms with van der Waals surface area (Å²) in [5.74, 6) is -1.57. The Kier molecular flexibility index (Phi) is 4.72. The fraction of sp³-hybridized carbons (Fsp3) is 0.455. The Morgan fingerprint density at radius 1 is 0.880 bits per heavy atom. The Balaban J connectivity index is 1.87. The lowest BCUT2D eigenvalue weighted by molar-refractivity contribution is -0.0305. The molecule has 25 heavy (non-hydrogen) atoms. The molecule has 0 saturated heterocycles. The lowest BCUT2D eigenvalue weighted by Crippen LogP contribution is -2.34. The molecule has 0 amide bonds. The first kappa shape index (κ1) is 18.1. The van der Waals surface area contributed by atoms with Gasteiger partial charge in [-0.3, -0.25) is 0 Å². The van der Waals surface area contributed by atoms with Gasteiger partial charge in [-0.2, -0.15) is 0 Å². The van der Waals surface area contributed by atoms with Gasteiger partial charge < -0.3 is 5.11 Å². The standard InChI is InChI=1S/C22H26F2O/c1-4-15-7-10-18(20(24)19(15)23)16-5-8-17(9-6-16)22(25)13-11-21(2,3)12-14-22/h5-10,25H,4,11-14H2,1-3H3. The lowest BCUT2D eigenvalue weighted by atomic mass is 9.69. The first-order valence-corrected chi connectivity index (χ1v) is 9.06. The Labute approximate surface area is 148 Å². The molecule has 0 heterocycles. The molecular weight excluding hydrogens is 318 g/mol. The molecule has 3 rings (SSSR count). The highest BCUT2D eigenvalue weighted by Crippen LogP contribution is 2.45. The normalized spacial score (nSPS) is 19.0. The minimum absolute atomic E-state index is 0.262. The maximum Gasteiger partial charge on any atom is 0.166 e. The summed E-state index contributed by atoms with van der Waals surface area (Å²) in [6, 6.07) is 10.5. The summed E-state index contributed by atoms with van der Waals surface area (Å²) in [7, 11) is 0. The van der Waals surface area contributed by atoms with Crippen LogP contribution in [0.1, 0.15) is 57.6 Å². The van der Waals surface area contributed by atoms with E-state index in [2.05, 4.69) is 13.8 Å². The van der Waals surface area contributed by atoms with Gasteiger partial charge in [0.2, 0.25) is 0 Å². The zero-order chi connectivity index (χ0) is 18.2. The van der Waals surface area contributed by atoms with E-state index in [1.54, 1.807) is 31.2 Å². The van der Waals surface area contributed by atoms with Crippen LogP contribution in [0.2, 0.25) is 0 Å². The Morgan fingerprint density at radius 3 is 2.04 bits per heavy atom. The Bertz CT molecular complexity index is 752. The Hall–Kier alpha value is -1.74. The molecule has 134 valence electrons. The molecule has 0 aromatic heterocycles. The smallest absolute Gasteiger partial charge is 0.166 e. The summed E-state index contributed by atoms with van der Waals surface area (Å²) in [6.45, 7) is 6.26. The van der Waals surface area contributed by atoms with Crippen LogP contribution in [-0.4, -0.2) is 5.11 Å². The second kappa shape index (κ2) is 6.53. The third-order valence-corrected chi connectivity index (χ3v) is 5.71. The molecule has 0 unspecified atom stereocenters. The predicted molar refractivity (Wildman–Crippen MR) is 97.3 cm³/mol.